The van der Waals surface area contributed by atoms with Crippen LogP contribution in [0.2, 0.25) is 0 Å². The molecule has 1 nitrogen and oxygen atoms in total. The smallest absolute Gasteiger partial charge is 0.128 e. The van der Waals surface area contributed by atoms with Gasteiger partial charge in [0.05, 0.1) is 0 Å². The van der Waals surface area contributed by atoms with Gasteiger partial charge in [-0.2, -0.15) is 5.26 Å². The topological polar surface area (TPSA) is 23.8 Å². The van der Waals surface area contributed by atoms with Crippen molar-refractivity contribution in [3.63, 3.8) is 0 Å². The summed E-state index contributed by atoms with van der Waals surface area (Å²) < 4.78 is 14.2. The highest BCUT2D eigenvalue weighted by molar-refractivity contribution is 9.08. The number of alkyl halides is 1. The standard InChI is InChI=1S/C10H5BrFNS/c11-4-8-9(12)2-1-6-3-7(5-13)14-10(6)8/h1-3H,4H2. The summed E-state index contributed by atoms with van der Waals surface area (Å²) in [5.74, 6) is -0.222. The molecule has 0 saturated carbocycles. The fourth-order valence-electron chi connectivity index (χ4n) is 1.32. The van der Waals surface area contributed by atoms with Gasteiger partial charge in [-0.3, -0.25) is 0 Å². The van der Waals surface area contributed by atoms with Crippen molar-refractivity contribution in [2.45, 2.75) is 5.33 Å². The van der Waals surface area contributed by atoms with Crippen molar-refractivity contribution in [1.82, 2.24) is 0 Å². The van der Waals surface area contributed by atoms with Crippen LogP contribution < -0.4 is 0 Å². The molecule has 1 heterocycles. The van der Waals surface area contributed by atoms with Crippen molar-refractivity contribution >= 4 is 37.4 Å². The molecular weight excluding hydrogens is 265 g/mol. The SMILES string of the molecule is N#Cc1cc2ccc(F)c(CBr)c2s1. The third kappa shape index (κ3) is 1.43. The number of halogens is 2. The van der Waals surface area contributed by atoms with Gasteiger partial charge in [0.15, 0.2) is 0 Å². The van der Waals surface area contributed by atoms with Gasteiger partial charge in [-0.15, -0.1) is 11.3 Å². The van der Waals surface area contributed by atoms with E-state index in [2.05, 4.69) is 22.0 Å². The van der Waals surface area contributed by atoms with E-state index < -0.39 is 0 Å². The predicted octanol–water partition coefficient (Wildman–Crippen LogP) is 3.81. The second kappa shape index (κ2) is 3.68. The number of benzene rings is 1. The van der Waals surface area contributed by atoms with Crippen molar-refractivity contribution in [2.75, 3.05) is 0 Å². The molecular formula is C10H5BrFNS. The van der Waals surface area contributed by atoms with E-state index in [4.69, 9.17) is 5.26 Å². The number of nitrogens with zero attached hydrogens (tertiary/aromatic N) is 1. The summed E-state index contributed by atoms with van der Waals surface area (Å²) in [7, 11) is 0. The Hall–Kier alpha value is -0.920. The minimum atomic E-state index is -0.222. The maximum absolute atomic E-state index is 13.3. The van der Waals surface area contributed by atoms with Crippen molar-refractivity contribution in [2.24, 2.45) is 0 Å². The van der Waals surface area contributed by atoms with Crippen LogP contribution >= 0.6 is 27.3 Å². The van der Waals surface area contributed by atoms with Crippen LogP contribution in [-0.4, -0.2) is 0 Å². The highest BCUT2D eigenvalue weighted by Gasteiger charge is 2.09. The largest absolute Gasteiger partial charge is 0.207 e. The molecule has 0 unspecified atom stereocenters. The summed E-state index contributed by atoms with van der Waals surface area (Å²) in [5, 5.41) is 10.1. The van der Waals surface area contributed by atoms with E-state index in [0.717, 1.165) is 10.1 Å². The summed E-state index contributed by atoms with van der Waals surface area (Å²) in [6.07, 6.45) is 0. The van der Waals surface area contributed by atoms with Crippen LogP contribution in [-0.2, 0) is 5.33 Å². The van der Waals surface area contributed by atoms with Gasteiger partial charge in [0.2, 0.25) is 0 Å². The average Bonchev–Trinajstić information content (AvgIpc) is 2.60. The van der Waals surface area contributed by atoms with E-state index in [9.17, 15) is 4.39 Å². The monoisotopic (exact) mass is 269 g/mol. The zero-order valence-electron chi connectivity index (χ0n) is 7.05. The summed E-state index contributed by atoms with van der Waals surface area (Å²) in [6.45, 7) is 0. The molecule has 0 amide bonds. The van der Waals surface area contributed by atoms with Crippen molar-refractivity contribution in [3.8, 4) is 6.07 Å². The maximum atomic E-state index is 13.3. The minimum Gasteiger partial charge on any atom is -0.207 e. The first kappa shape index (κ1) is 9.63. The molecule has 1 aromatic carbocycles. The normalized spacial score (nSPS) is 10.4. The van der Waals surface area contributed by atoms with Gasteiger partial charge in [0, 0.05) is 15.6 Å². The molecule has 0 aliphatic carbocycles. The van der Waals surface area contributed by atoms with Gasteiger partial charge >= 0.3 is 0 Å². The Kier molecular flexibility index (Phi) is 2.53. The summed E-state index contributed by atoms with van der Waals surface area (Å²) in [5.41, 5.74) is 0.633. The van der Waals surface area contributed by atoms with E-state index >= 15 is 0 Å². The molecule has 0 N–H and O–H groups in total. The summed E-state index contributed by atoms with van der Waals surface area (Å²) in [4.78, 5) is 0.618. The quantitative estimate of drug-likeness (QED) is 0.723. The lowest BCUT2D eigenvalue weighted by Crippen LogP contribution is -1.84. The molecule has 0 saturated heterocycles. The number of thiophene rings is 1. The van der Waals surface area contributed by atoms with E-state index in [-0.39, 0.29) is 5.82 Å². The van der Waals surface area contributed by atoms with Crippen LogP contribution in [0, 0.1) is 17.1 Å². The van der Waals surface area contributed by atoms with Crippen molar-refractivity contribution < 1.29 is 4.39 Å². The Bertz CT molecular complexity index is 527. The Balaban J connectivity index is 2.81. The molecule has 70 valence electrons. The molecule has 0 aliphatic rings. The van der Waals surface area contributed by atoms with Gasteiger partial charge in [-0.1, -0.05) is 22.0 Å². The third-order valence-corrected chi connectivity index (χ3v) is 3.65. The van der Waals surface area contributed by atoms with E-state index in [1.807, 2.05) is 0 Å². The van der Waals surface area contributed by atoms with Crippen LogP contribution in [0.25, 0.3) is 10.1 Å². The Morgan fingerprint density at radius 3 is 2.93 bits per heavy atom. The number of nitriles is 1. The van der Waals surface area contributed by atoms with Crippen LogP contribution in [0.3, 0.4) is 0 Å². The van der Waals surface area contributed by atoms with E-state index in [1.54, 1.807) is 12.1 Å². The molecule has 4 heteroatoms. The Morgan fingerprint density at radius 1 is 1.50 bits per heavy atom. The number of fused-ring (bicyclic) bond motifs is 1. The molecule has 0 radical (unpaired) electrons. The third-order valence-electron chi connectivity index (χ3n) is 1.98. The zero-order chi connectivity index (χ0) is 10.1. The van der Waals surface area contributed by atoms with Gasteiger partial charge in [0.25, 0.3) is 0 Å². The highest BCUT2D eigenvalue weighted by Crippen LogP contribution is 2.31. The fourth-order valence-corrected chi connectivity index (χ4v) is 3.04. The van der Waals surface area contributed by atoms with Crippen LogP contribution in [0.1, 0.15) is 10.4 Å². The Morgan fingerprint density at radius 2 is 2.29 bits per heavy atom. The Labute approximate surface area is 92.9 Å². The van der Waals surface area contributed by atoms with Crippen molar-refractivity contribution in [1.29, 1.82) is 5.26 Å². The van der Waals surface area contributed by atoms with Gasteiger partial charge < -0.3 is 0 Å². The van der Waals surface area contributed by atoms with Crippen LogP contribution in [0.4, 0.5) is 4.39 Å². The summed E-state index contributed by atoms with van der Waals surface area (Å²) in [6, 6.07) is 6.99. The minimum absolute atomic E-state index is 0.222. The lowest BCUT2D eigenvalue weighted by Gasteiger charge is -1.99. The zero-order valence-corrected chi connectivity index (χ0v) is 9.45. The molecule has 0 aliphatic heterocycles. The number of hydrogen-bond donors (Lipinski definition) is 0. The fraction of sp³-hybridized carbons (Fsp3) is 0.100. The van der Waals surface area contributed by atoms with Gasteiger partial charge in [0.1, 0.15) is 16.8 Å². The first-order valence-corrected chi connectivity index (χ1v) is 5.87. The second-order valence-corrected chi connectivity index (χ2v) is 4.41. The van der Waals surface area contributed by atoms with Crippen LogP contribution in [0.15, 0.2) is 18.2 Å². The van der Waals surface area contributed by atoms with Crippen molar-refractivity contribution in [3.05, 3.63) is 34.5 Å². The molecule has 2 rings (SSSR count). The molecule has 14 heavy (non-hydrogen) atoms. The number of rotatable bonds is 1. The summed E-state index contributed by atoms with van der Waals surface area (Å²) >= 11 is 4.58. The molecule has 2 aromatic rings. The highest BCUT2D eigenvalue weighted by atomic mass is 79.9. The van der Waals surface area contributed by atoms with Gasteiger partial charge in [-0.05, 0) is 17.5 Å². The molecule has 0 bridgehead atoms. The first-order valence-electron chi connectivity index (χ1n) is 3.93. The predicted molar refractivity (Wildman–Crippen MR) is 59.1 cm³/mol. The van der Waals surface area contributed by atoms with E-state index in [0.29, 0.717) is 15.8 Å². The molecule has 0 atom stereocenters. The second-order valence-electron chi connectivity index (χ2n) is 2.80. The van der Waals surface area contributed by atoms with Gasteiger partial charge in [-0.25, -0.2) is 4.39 Å². The van der Waals surface area contributed by atoms with E-state index in [1.165, 1.54) is 17.4 Å². The lowest BCUT2D eigenvalue weighted by molar-refractivity contribution is 0.620. The molecule has 0 fully saturated rings. The lowest BCUT2D eigenvalue weighted by atomic mass is 10.2. The average molecular weight is 270 g/mol. The first-order chi connectivity index (χ1) is 6.76. The molecule has 1 aromatic heterocycles. The maximum Gasteiger partial charge on any atom is 0.128 e. The molecule has 0 spiro atoms. The number of hydrogen-bond acceptors (Lipinski definition) is 2. The van der Waals surface area contributed by atoms with Crippen LogP contribution in [0.5, 0.6) is 0 Å².